The highest BCUT2D eigenvalue weighted by Crippen LogP contribution is 2.27. The summed E-state index contributed by atoms with van der Waals surface area (Å²) in [5, 5.41) is 13.1. The first-order chi connectivity index (χ1) is 12.6. The zero-order valence-corrected chi connectivity index (χ0v) is 13.4. The number of benzene rings is 2. The lowest BCUT2D eigenvalue weighted by Gasteiger charge is -2.19. The highest BCUT2D eigenvalue weighted by atomic mass is 19.4. The molecule has 0 radical (unpaired) electrons. The predicted molar refractivity (Wildman–Crippen MR) is 87.5 cm³/mol. The summed E-state index contributed by atoms with van der Waals surface area (Å²) in [5.41, 5.74) is 5.17. The molecule has 142 valence electrons. The quantitative estimate of drug-likeness (QED) is 0.354. The number of hydrogen-bond acceptors (Lipinski definition) is 6. The van der Waals surface area contributed by atoms with Crippen molar-refractivity contribution in [3.63, 3.8) is 0 Å². The van der Waals surface area contributed by atoms with Crippen LogP contribution in [-0.4, -0.2) is 23.0 Å². The number of non-ortho nitro benzene ring substituents is 1. The van der Waals surface area contributed by atoms with E-state index in [2.05, 4.69) is 10.1 Å². The van der Waals surface area contributed by atoms with E-state index in [9.17, 15) is 32.9 Å². The van der Waals surface area contributed by atoms with Gasteiger partial charge in [0.15, 0.2) is 0 Å². The number of carbonyl (C=O) groups is 2. The molecular formula is C16H12F3N3O5. The number of nitrogens with one attached hydrogen (secondary N) is 1. The second kappa shape index (κ2) is 7.72. The van der Waals surface area contributed by atoms with Crippen molar-refractivity contribution >= 4 is 28.9 Å². The van der Waals surface area contributed by atoms with E-state index in [0.29, 0.717) is 0 Å². The van der Waals surface area contributed by atoms with Crippen molar-refractivity contribution in [3.8, 4) is 0 Å². The van der Waals surface area contributed by atoms with Crippen LogP contribution in [0.5, 0.6) is 0 Å². The zero-order valence-electron chi connectivity index (χ0n) is 13.4. The number of esters is 1. The van der Waals surface area contributed by atoms with Gasteiger partial charge in [0.2, 0.25) is 6.10 Å². The minimum atomic E-state index is -5.35. The van der Waals surface area contributed by atoms with Gasteiger partial charge in [0.1, 0.15) is 0 Å². The summed E-state index contributed by atoms with van der Waals surface area (Å²) in [7, 11) is 0. The molecule has 27 heavy (non-hydrogen) atoms. The van der Waals surface area contributed by atoms with Gasteiger partial charge in [-0.25, -0.2) is 4.79 Å². The maximum atomic E-state index is 12.5. The van der Waals surface area contributed by atoms with Crippen LogP contribution in [0.3, 0.4) is 0 Å². The van der Waals surface area contributed by atoms with Crippen molar-refractivity contribution in [2.45, 2.75) is 12.3 Å². The second-order valence-electron chi connectivity index (χ2n) is 5.25. The summed E-state index contributed by atoms with van der Waals surface area (Å²) in [6, 6.07) is 9.91. The van der Waals surface area contributed by atoms with Crippen molar-refractivity contribution in [2.24, 2.45) is 0 Å². The smallest absolute Gasteiger partial charge is 0.441 e. The van der Waals surface area contributed by atoms with Gasteiger partial charge in [0.05, 0.1) is 4.92 Å². The molecule has 0 aromatic heterocycles. The van der Waals surface area contributed by atoms with Gasteiger partial charge in [-0.1, -0.05) is 18.2 Å². The van der Waals surface area contributed by atoms with Crippen molar-refractivity contribution in [1.29, 1.82) is 0 Å². The normalized spacial score (nSPS) is 12.1. The van der Waals surface area contributed by atoms with Crippen LogP contribution in [0, 0.1) is 10.1 Å². The Morgan fingerprint density at radius 3 is 2.41 bits per heavy atom. The molecule has 1 atom stereocenters. The summed E-state index contributed by atoms with van der Waals surface area (Å²) in [5.74, 6) is -3.75. The van der Waals surface area contributed by atoms with Crippen LogP contribution in [0.25, 0.3) is 0 Å². The molecule has 8 nitrogen and oxygen atoms in total. The molecule has 2 aromatic carbocycles. The Kier molecular flexibility index (Phi) is 5.63. The first-order valence-electron chi connectivity index (χ1n) is 7.26. The van der Waals surface area contributed by atoms with Crippen LogP contribution < -0.4 is 11.1 Å². The van der Waals surface area contributed by atoms with Crippen molar-refractivity contribution < 1.29 is 32.4 Å². The lowest BCUT2D eigenvalue weighted by Crippen LogP contribution is -2.32. The number of nitro groups is 1. The number of halogens is 3. The molecule has 1 unspecified atom stereocenters. The Bertz CT molecular complexity index is 886. The van der Waals surface area contributed by atoms with Gasteiger partial charge in [-0.15, -0.1) is 0 Å². The van der Waals surface area contributed by atoms with Crippen LogP contribution >= 0.6 is 0 Å². The Morgan fingerprint density at radius 1 is 1.15 bits per heavy atom. The number of rotatable bonds is 5. The Balaban J connectivity index is 2.37. The summed E-state index contributed by atoms with van der Waals surface area (Å²) < 4.78 is 41.9. The number of carbonyl (C=O) groups excluding carboxylic acids is 2. The zero-order chi connectivity index (χ0) is 20.2. The van der Waals surface area contributed by atoms with E-state index < -0.39 is 34.8 Å². The fourth-order valence-electron chi connectivity index (χ4n) is 2.07. The van der Waals surface area contributed by atoms with Crippen LogP contribution in [0.1, 0.15) is 11.7 Å². The number of anilines is 2. The number of nitrogens with zero attached hydrogens (tertiary/aromatic N) is 1. The van der Waals surface area contributed by atoms with E-state index in [1.807, 2.05) is 0 Å². The average Bonchev–Trinajstić information content (AvgIpc) is 2.58. The van der Waals surface area contributed by atoms with E-state index in [1.165, 1.54) is 24.3 Å². The third-order valence-corrected chi connectivity index (χ3v) is 3.23. The lowest BCUT2D eigenvalue weighted by atomic mass is 10.1. The number of alkyl halides is 3. The highest BCUT2D eigenvalue weighted by molar-refractivity contribution is 5.96. The van der Waals surface area contributed by atoms with Crippen molar-refractivity contribution in [2.75, 3.05) is 11.1 Å². The summed E-state index contributed by atoms with van der Waals surface area (Å²) >= 11 is 0. The van der Waals surface area contributed by atoms with E-state index in [4.69, 9.17) is 5.73 Å². The van der Waals surface area contributed by atoms with Gasteiger partial charge in [-0.3, -0.25) is 14.9 Å². The molecule has 2 aromatic rings. The van der Waals surface area contributed by atoms with Crippen molar-refractivity contribution in [3.05, 3.63) is 64.2 Å². The van der Waals surface area contributed by atoms with Gasteiger partial charge in [-0.2, -0.15) is 13.2 Å². The Morgan fingerprint density at radius 2 is 1.81 bits per heavy atom. The fraction of sp³-hybridized carbons (Fsp3) is 0.125. The Labute approximate surface area is 149 Å². The monoisotopic (exact) mass is 383 g/mol. The first-order valence-corrected chi connectivity index (χ1v) is 7.26. The van der Waals surface area contributed by atoms with Crippen LogP contribution in [0.15, 0.2) is 48.5 Å². The van der Waals surface area contributed by atoms with Crippen LogP contribution in [0.2, 0.25) is 0 Å². The SMILES string of the molecule is Nc1cccc(NC(=O)C(OC(=O)C(F)(F)F)c2cccc([N+](=O)[O-])c2)c1. The third-order valence-electron chi connectivity index (χ3n) is 3.23. The predicted octanol–water partition coefficient (Wildman–Crippen LogP) is 2.96. The van der Waals surface area contributed by atoms with Gasteiger partial charge in [0, 0.05) is 29.1 Å². The van der Waals surface area contributed by atoms with Crippen LogP contribution in [0.4, 0.5) is 30.2 Å². The molecule has 0 aliphatic rings. The molecule has 0 fully saturated rings. The number of nitrogens with two attached hydrogens (primary N) is 1. The summed E-state index contributed by atoms with van der Waals surface area (Å²) in [4.78, 5) is 33.7. The highest BCUT2D eigenvalue weighted by Gasteiger charge is 2.44. The maximum absolute atomic E-state index is 12.5. The van der Waals surface area contributed by atoms with E-state index in [1.54, 1.807) is 0 Å². The standard InChI is InChI=1S/C16H12F3N3O5/c17-16(18,19)15(24)27-13(9-3-1-6-12(7-9)22(25)26)14(23)21-11-5-2-4-10(20)8-11/h1-8,13H,20H2,(H,21,23). The number of hydrogen-bond donors (Lipinski definition) is 2. The molecule has 0 saturated carbocycles. The molecule has 0 saturated heterocycles. The molecule has 0 aliphatic heterocycles. The number of amides is 1. The Hall–Kier alpha value is -3.63. The fourth-order valence-corrected chi connectivity index (χ4v) is 2.07. The minimum absolute atomic E-state index is 0.137. The lowest BCUT2D eigenvalue weighted by molar-refractivity contribution is -0.385. The number of nitro benzene ring substituents is 1. The molecule has 2 rings (SSSR count). The summed E-state index contributed by atoms with van der Waals surface area (Å²) in [6.07, 6.45) is -7.42. The molecule has 3 N–H and O–H groups in total. The molecular weight excluding hydrogens is 371 g/mol. The molecule has 0 bridgehead atoms. The third kappa shape index (κ3) is 5.17. The van der Waals surface area contributed by atoms with Gasteiger partial charge in [-0.05, 0) is 18.2 Å². The average molecular weight is 383 g/mol. The number of ether oxygens (including phenoxy) is 1. The van der Waals surface area contributed by atoms with E-state index in [-0.39, 0.29) is 16.9 Å². The molecule has 0 spiro atoms. The van der Waals surface area contributed by atoms with Crippen LogP contribution in [-0.2, 0) is 14.3 Å². The summed E-state index contributed by atoms with van der Waals surface area (Å²) in [6.45, 7) is 0. The molecule has 11 heteroatoms. The second-order valence-corrected chi connectivity index (χ2v) is 5.25. The van der Waals surface area contributed by atoms with E-state index >= 15 is 0 Å². The molecule has 0 heterocycles. The van der Waals surface area contributed by atoms with Gasteiger partial charge >= 0.3 is 12.1 Å². The first kappa shape index (κ1) is 19.7. The van der Waals surface area contributed by atoms with Gasteiger partial charge < -0.3 is 15.8 Å². The number of nitrogen functional groups attached to an aromatic ring is 1. The minimum Gasteiger partial charge on any atom is -0.441 e. The van der Waals surface area contributed by atoms with Crippen molar-refractivity contribution in [1.82, 2.24) is 0 Å². The maximum Gasteiger partial charge on any atom is 0.490 e. The molecule has 0 aliphatic carbocycles. The molecule has 1 amide bonds. The van der Waals surface area contributed by atoms with E-state index in [0.717, 1.165) is 24.3 Å². The van der Waals surface area contributed by atoms with Gasteiger partial charge in [0.25, 0.3) is 11.6 Å². The topological polar surface area (TPSA) is 125 Å². The largest absolute Gasteiger partial charge is 0.490 e.